The van der Waals surface area contributed by atoms with Crippen molar-refractivity contribution in [3.63, 3.8) is 0 Å². The summed E-state index contributed by atoms with van der Waals surface area (Å²) in [5.74, 6) is 1.82. The molecule has 146 valence electrons. The molecule has 1 aromatic heterocycles. The van der Waals surface area contributed by atoms with Gasteiger partial charge in [0, 0.05) is 44.3 Å². The summed E-state index contributed by atoms with van der Waals surface area (Å²) < 4.78 is 10.9. The Balaban J connectivity index is 1.62. The number of piperazine rings is 1. The third-order valence-corrected chi connectivity index (χ3v) is 5.06. The number of furan rings is 1. The van der Waals surface area contributed by atoms with Crippen molar-refractivity contribution in [3.8, 4) is 5.75 Å². The first kappa shape index (κ1) is 19.3. The van der Waals surface area contributed by atoms with E-state index in [2.05, 4.69) is 27.2 Å². The highest BCUT2D eigenvalue weighted by atomic mass is 16.5. The molecular weight excluding hydrogens is 342 g/mol. The molecule has 0 saturated carbocycles. The van der Waals surface area contributed by atoms with Gasteiger partial charge in [-0.15, -0.1) is 0 Å². The SMILES string of the molecule is COc1ccc(N2CCN([C@@H](CNC(=O)C(C)C)c3ccco3)CC2)cc1. The summed E-state index contributed by atoms with van der Waals surface area (Å²) in [5, 5.41) is 3.06. The van der Waals surface area contributed by atoms with Gasteiger partial charge in [0.15, 0.2) is 0 Å². The Bertz CT molecular complexity index is 705. The summed E-state index contributed by atoms with van der Waals surface area (Å²) in [6, 6.07) is 12.1. The fraction of sp³-hybridized carbons (Fsp3) is 0.476. The number of anilines is 1. The number of nitrogens with zero attached hydrogens (tertiary/aromatic N) is 2. The minimum absolute atomic E-state index is 0.0193. The van der Waals surface area contributed by atoms with Gasteiger partial charge in [0.2, 0.25) is 5.91 Å². The highest BCUT2D eigenvalue weighted by Gasteiger charge is 2.27. The van der Waals surface area contributed by atoms with Gasteiger partial charge in [-0.1, -0.05) is 13.8 Å². The quantitative estimate of drug-likeness (QED) is 0.811. The highest BCUT2D eigenvalue weighted by molar-refractivity contribution is 5.77. The molecule has 0 radical (unpaired) electrons. The Kier molecular flexibility index (Phi) is 6.40. The van der Waals surface area contributed by atoms with Crippen molar-refractivity contribution in [1.82, 2.24) is 10.2 Å². The van der Waals surface area contributed by atoms with E-state index in [0.29, 0.717) is 6.54 Å². The summed E-state index contributed by atoms with van der Waals surface area (Å²) >= 11 is 0. The summed E-state index contributed by atoms with van der Waals surface area (Å²) in [7, 11) is 1.68. The molecule has 1 fully saturated rings. The zero-order valence-electron chi connectivity index (χ0n) is 16.4. The predicted molar refractivity (Wildman–Crippen MR) is 106 cm³/mol. The molecule has 3 rings (SSSR count). The molecule has 0 bridgehead atoms. The molecule has 1 aromatic carbocycles. The zero-order chi connectivity index (χ0) is 19.2. The van der Waals surface area contributed by atoms with Crippen LogP contribution in [-0.2, 0) is 4.79 Å². The van der Waals surface area contributed by atoms with Crippen molar-refractivity contribution < 1.29 is 13.9 Å². The van der Waals surface area contributed by atoms with Crippen LogP contribution in [0.1, 0.15) is 25.6 Å². The molecule has 1 amide bonds. The molecular formula is C21H29N3O3. The topological polar surface area (TPSA) is 58.0 Å². The number of benzene rings is 1. The van der Waals surface area contributed by atoms with Crippen molar-refractivity contribution in [3.05, 3.63) is 48.4 Å². The van der Waals surface area contributed by atoms with E-state index in [1.807, 2.05) is 38.1 Å². The van der Waals surface area contributed by atoms with Crippen molar-refractivity contribution >= 4 is 11.6 Å². The molecule has 2 heterocycles. The Labute approximate surface area is 161 Å². The molecule has 0 aliphatic carbocycles. The van der Waals surface area contributed by atoms with Gasteiger partial charge in [0.25, 0.3) is 0 Å². The van der Waals surface area contributed by atoms with Crippen LogP contribution in [0.15, 0.2) is 47.1 Å². The van der Waals surface area contributed by atoms with E-state index in [4.69, 9.17) is 9.15 Å². The number of rotatable bonds is 7. The van der Waals surface area contributed by atoms with Gasteiger partial charge in [0.05, 0.1) is 19.4 Å². The lowest BCUT2D eigenvalue weighted by atomic mass is 10.1. The maximum Gasteiger partial charge on any atom is 0.222 e. The van der Waals surface area contributed by atoms with Crippen LogP contribution in [0.3, 0.4) is 0 Å². The number of carbonyl (C=O) groups is 1. The third kappa shape index (κ3) is 4.83. The van der Waals surface area contributed by atoms with E-state index in [-0.39, 0.29) is 17.9 Å². The molecule has 1 saturated heterocycles. The molecule has 0 spiro atoms. The summed E-state index contributed by atoms with van der Waals surface area (Å²) in [6.07, 6.45) is 1.69. The van der Waals surface area contributed by atoms with E-state index in [0.717, 1.165) is 37.7 Å². The van der Waals surface area contributed by atoms with Crippen LogP contribution in [0.4, 0.5) is 5.69 Å². The van der Waals surface area contributed by atoms with Crippen molar-refractivity contribution in [2.45, 2.75) is 19.9 Å². The lowest BCUT2D eigenvalue weighted by molar-refractivity contribution is -0.124. The molecule has 2 aromatic rings. The number of methoxy groups -OCH3 is 1. The first-order valence-corrected chi connectivity index (χ1v) is 9.52. The Morgan fingerprint density at radius 3 is 2.41 bits per heavy atom. The second kappa shape index (κ2) is 8.95. The van der Waals surface area contributed by atoms with E-state index in [1.165, 1.54) is 5.69 Å². The Hall–Kier alpha value is -2.47. The van der Waals surface area contributed by atoms with Gasteiger partial charge in [0.1, 0.15) is 11.5 Å². The number of carbonyl (C=O) groups excluding carboxylic acids is 1. The summed E-state index contributed by atoms with van der Waals surface area (Å²) in [5.41, 5.74) is 1.21. The average Bonchev–Trinajstić information content (AvgIpc) is 3.23. The number of nitrogens with one attached hydrogen (secondary N) is 1. The minimum atomic E-state index is -0.0193. The van der Waals surface area contributed by atoms with E-state index < -0.39 is 0 Å². The fourth-order valence-electron chi connectivity index (χ4n) is 3.38. The van der Waals surface area contributed by atoms with Crippen LogP contribution in [0.5, 0.6) is 5.75 Å². The Morgan fingerprint density at radius 2 is 1.85 bits per heavy atom. The monoisotopic (exact) mass is 371 g/mol. The number of amides is 1. The fourth-order valence-corrected chi connectivity index (χ4v) is 3.38. The second-order valence-electron chi connectivity index (χ2n) is 7.15. The first-order chi connectivity index (χ1) is 13.1. The zero-order valence-corrected chi connectivity index (χ0v) is 16.4. The molecule has 6 heteroatoms. The highest BCUT2D eigenvalue weighted by Crippen LogP contribution is 2.25. The van der Waals surface area contributed by atoms with Gasteiger partial charge in [-0.05, 0) is 36.4 Å². The first-order valence-electron chi connectivity index (χ1n) is 9.52. The third-order valence-electron chi connectivity index (χ3n) is 5.06. The molecule has 1 N–H and O–H groups in total. The summed E-state index contributed by atoms with van der Waals surface area (Å²) in [4.78, 5) is 16.8. The average molecular weight is 371 g/mol. The largest absolute Gasteiger partial charge is 0.497 e. The molecule has 0 unspecified atom stereocenters. The lowest BCUT2D eigenvalue weighted by Crippen LogP contribution is -2.50. The standard InChI is InChI=1S/C21H29N3O3/c1-16(2)21(25)22-15-19(20-5-4-14-27-20)24-12-10-23(11-13-24)17-6-8-18(26-3)9-7-17/h4-9,14,16,19H,10-13,15H2,1-3H3,(H,22,25)/t19-/m0/s1. The van der Waals surface area contributed by atoms with Crippen LogP contribution >= 0.6 is 0 Å². The normalized spacial score (nSPS) is 16.4. The van der Waals surface area contributed by atoms with E-state index >= 15 is 0 Å². The van der Waals surface area contributed by atoms with Crippen LogP contribution in [-0.4, -0.2) is 50.6 Å². The number of hydrogen-bond acceptors (Lipinski definition) is 5. The second-order valence-corrected chi connectivity index (χ2v) is 7.15. The number of ether oxygens (including phenoxy) is 1. The van der Waals surface area contributed by atoms with Crippen molar-refractivity contribution in [2.75, 3.05) is 44.7 Å². The maximum absolute atomic E-state index is 12.0. The summed E-state index contributed by atoms with van der Waals surface area (Å²) in [6.45, 7) is 8.07. The van der Waals surface area contributed by atoms with Gasteiger partial charge in [-0.25, -0.2) is 0 Å². The van der Waals surface area contributed by atoms with Crippen LogP contribution in [0.2, 0.25) is 0 Å². The molecule has 1 aliphatic rings. The molecule has 1 aliphatic heterocycles. The smallest absolute Gasteiger partial charge is 0.222 e. The van der Waals surface area contributed by atoms with Crippen LogP contribution in [0, 0.1) is 5.92 Å². The minimum Gasteiger partial charge on any atom is -0.497 e. The van der Waals surface area contributed by atoms with Crippen molar-refractivity contribution in [1.29, 1.82) is 0 Å². The van der Waals surface area contributed by atoms with E-state index in [1.54, 1.807) is 13.4 Å². The molecule has 27 heavy (non-hydrogen) atoms. The lowest BCUT2D eigenvalue weighted by Gasteiger charge is -2.39. The number of hydrogen-bond donors (Lipinski definition) is 1. The molecule has 1 atom stereocenters. The predicted octanol–water partition coefficient (Wildman–Crippen LogP) is 2.92. The van der Waals surface area contributed by atoms with Gasteiger partial charge in [-0.2, -0.15) is 0 Å². The van der Waals surface area contributed by atoms with Gasteiger partial charge < -0.3 is 19.4 Å². The van der Waals surface area contributed by atoms with E-state index in [9.17, 15) is 4.79 Å². The maximum atomic E-state index is 12.0. The van der Waals surface area contributed by atoms with Crippen LogP contribution in [0.25, 0.3) is 0 Å². The van der Waals surface area contributed by atoms with Crippen LogP contribution < -0.4 is 15.0 Å². The van der Waals surface area contributed by atoms with Gasteiger partial charge in [-0.3, -0.25) is 9.69 Å². The van der Waals surface area contributed by atoms with Gasteiger partial charge >= 0.3 is 0 Å². The van der Waals surface area contributed by atoms with Crippen molar-refractivity contribution in [2.24, 2.45) is 5.92 Å². The molecule has 6 nitrogen and oxygen atoms in total. The Morgan fingerprint density at radius 1 is 1.15 bits per heavy atom.